The predicted octanol–water partition coefficient (Wildman–Crippen LogP) is 13.3. The van der Waals surface area contributed by atoms with Gasteiger partial charge in [0, 0.05) is 25.7 Å². The first kappa shape index (κ1) is 25.6. The molecule has 0 aliphatic heterocycles. The molecule has 0 aliphatic rings. The van der Waals surface area contributed by atoms with E-state index in [0.29, 0.717) is 0 Å². The molecule has 0 N–H and O–H groups in total. The number of para-hydroxylation sites is 1. The van der Waals surface area contributed by atoms with Crippen LogP contribution in [0.3, 0.4) is 0 Å². The Hall–Kier alpha value is -5.70. The number of furan rings is 1. The molecule has 46 heavy (non-hydrogen) atoms. The molecule has 10 aromatic rings. The predicted molar refractivity (Wildman–Crippen MR) is 198 cm³/mol. The van der Waals surface area contributed by atoms with Gasteiger partial charge in [0.1, 0.15) is 11.2 Å². The van der Waals surface area contributed by atoms with Crippen molar-refractivity contribution in [1.29, 1.82) is 0 Å². The highest BCUT2D eigenvalue weighted by atomic mass is 32.1. The van der Waals surface area contributed by atoms with Gasteiger partial charge < -0.3 is 4.42 Å². The zero-order valence-electron chi connectivity index (χ0n) is 24.8. The normalized spacial score (nSPS) is 11.9. The Morgan fingerprint density at radius 3 is 1.74 bits per heavy atom. The van der Waals surface area contributed by atoms with Gasteiger partial charge in [0.25, 0.3) is 0 Å². The maximum atomic E-state index is 6.60. The fourth-order valence-electron chi connectivity index (χ4n) is 7.41. The molecule has 0 radical (unpaired) electrons. The monoisotopic (exact) mass is 602 g/mol. The van der Waals surface area contributed by atoms with Crippen LogP contribution >= 0.6 is 11.3 Å². The van der Waals surface area contributed by atoms with Crippen LogP contribution < -0.4 is 0 Å². The highest BCUT2D eigenvalue weighted by molar-refractivity contribution is 7.23. The quantitative estimate of drug-likeness (QED) is 0.183. The minimum Gasteiger partial charge on any atom is -0.456 e. The molecule has 10 rings (SSSR count). The lowest BCUT2D eigenvalue weighted by atomic mass is 9.84. The molecule has 0 bridgehead atoms. The molecule has 2 heteroatoms. The average molecular weight is 603 g/mol. The van der Waals surface area contributed by atoms with Crippen LogP contribution in [0.2, 0.25) is 0 Å². The second-order valence-corrected chi connectivity index (χ2v) is 13.1. The van der Waals surface area contributed by atoms with Crippen molar-refractivity contribution in [1.82, 2.24) is 0 Å². The maximum Gasteiger partial charge on any atom is 0.137 e. The van der Waals surface area contributed by atoms with Gasteiger partial charge in [-0.15, -0.1) is 11.3 Å². The van der Waals surface area contributed by atoms with E-state index in [0.717, 1.165) is 16.6 Å². The molecule has 0 saturated heterocycles. The molecule has 0 saturated carbocycles. The topological polar surface area (TPSA) is 13.1 Å². The van der Waals surface area contributed by atoms with Crippen molar-refractivity contribution >= 4 is 75.7 Å². The summed E-state index contributed by atoms with van der Waals surface area (Å²) in [5.41, 5.74) is 8.05. The molecule has 0 amide bonds. The fraction of sp³-hybridized carbons (Fsp3) is 0. The van der Waals surface area contributed by atoms with E-state index in [2.05, 4.69) is 158 Å². The minimum absolute atomic E-state index is 0.923. The van der Waals surface area contributed by atoms with Crippen LogP contribution in [0, 0.1) is 0 Å². The number of rotatable bonds is 3. The Morgan fingerprint density at radius 1 is 0.391 bits per heavy atom. The molecule has 8 aromatic carbocycles. The molecule has 0 aliphatic carbocycles. The van der Waals surface area contributed by atoms with Crippen LogP contribution in [0.1, 0.15) is 0 Å². The Morgan fingerprint density at radius 2 is 1.00 bits per heavy atom. The van der Waals surface area contributed by atoms with Crippen LogP contribution in [0.25, 0.3) is 97.0 Å². The largest absolute Gasteiger partial charge is 0.456 e. The van der Waals surface area contributed by atoms with Gasteiger partial charge in [-0.1, -0.05) is 133 Å². The fourth-order valence-corrected chi connectivity index (χ4v) is 8.65. The van der Waals surface area contributed by atoms with Crippen LogP contribution in [-0.2, 0) is 0 Å². The molecule has 1 nitrogen and oxygen atoms in total. The molecule has 2 heterocycles. The molecule has 2 aromatic heterocycles. The maximum absolute atomic E-state index is 6.60. The van der Waals surface area contributed by atoms with Gasteiger partial charge >= 0.3 is 0 Å². The molecule has 0 atom stereocenters. The summed E-state index contributed by atoms with van der Waals surface area (Å²) in [6.45, 7) is 0. The SMILES string of the molecule is c1ccc(-c2cc3c(-c4c5ccccc5c(-c5ccc6ccccc6c5)c5ccccc45)cc4oc5ccccc5c4c3s2)cc1. The lowest BCUT2D eigenvalue weighted by molar-refractivity contribution is 0.669. The van der Waals surface area contributed by atoms with Crippen molar-refractivity contribution in [2.75, 3.05) is 0 Å². The Labute approximate surface area is 269 Å². The zero-order valence-corrected chi connectivity index (χ0v) is 25.6. The minimum atomic E-state index is 0.923. The Bertz CT molecular complexity index is 2740. The number of hydrogen-bond donors (Lipinski definition) is 0. The van der Waals surface area contributed by atoms with Gasteiger partial charge in [0.2, 0.25) is 0 Å². The molecular formula is C44H26OS. The van der Waals surface area contributed by atoms with E-state index < -0.39 is 0 Å². The number of hydrogen-bond acceptors (Lipinski definition) is 2. The summed E-state index contributed by atoms with van der Waals surface area (Å²) in [4.78, 5) is 1.26. The average Bonchev–Trinajstić information content (AvgIpc) is 3.72. The van der Waals surface area contributed by atoms with Crippen molar-refractivity contribution in [2.24, 2.45) is 0 Å². The first-order valence-electron chi connectivity index (χ1n) is 15.7. The second kappa shape index (κ2) is 9.90. The van der Waals surface area contributed by atoms with E-state index in [1.54, 1.807) is 0 Å². The van der Waals surface area contributed by atoms with Gasteiger partial charge in [0.15, 0.2) is 0 Å². The van der Waals surface area contributed by atoms with Crippen LogP contribution in [-0.4, -0.2) is 0 Å². The lowest BCUT2D eigenvalue weighted by Gasteiger charge is -2.18. The number of benzene rings is 8. The first-order chi connectivity index (χ1) is 22.8. The summed E-state index contributed by atoms with van der Waals surface area (Å²) in [5.74, 6) is 0. The molecular weight excluding hydrogens is 577 g/mol. The zero-order chi connectivity index (χ0) is 30.2. The van der Waals surface area contributed by atoms with E-state index >= 15 is 0 Å². The molecule has 214 valence electrons. The lowest BCUT2D eigenvalue weighted by Crippen LogP contribution is -1.91. The standard InChI is InChI=1S/C44H26OS/c1-2-13-28(14-3-1)40-26-37-36(25-39-43(44(37)46-40)35-20-10-11-21-38(35)45-39)42-33-18-8-6-16-31(33)41(32-17-7-9-19-34(32)42)30-23-22-27-12-4-5-15-29(27)24-30/h1-26H. The van der Waals surface area contributed by atoms with Crippen molar-refractivity contribution < 1.29 is 4.42 Å². The Balaban J connectivity index is 1.36. The second-order valence-electron chi connectivity index (χ2n) is 12.0. The van der Waals surface area contributed by atoms with Crippen molar-refractivity contribution in [2.45, 2.75) is 0 Å². The third-order valence-electron chi connectivity index (χ3n) is 9.44. The van der Waals surface area contributed by atoms with Crippen molar-refractivity contribution in [3.05, 3.63) is 158 Å². The van der Waals surface area contributed by atoms with Gasteiger partial charge in [-0.05, 0) is 84.4 Å². The smallest absolute Gasteiger partial charge is 0.137 e. The van der Waals surface area contributed by atoms with Gasteiger partial charge in [0.05, 0.1) is 0 Å². The summed E-state index contributed by atoms with van der Waals surface area (Å²) < 4.78 is 7.87. The first-order valence-corrected chi connectivity index (χ1v) is 16.5. The Kier molecular flexibility index (Phi) is 5.51. The van der Waals surface area contributed by atoms with Crippen LogP contribution in [0.15, 0.2) is 162 Å². The third kappa shape index (κ3) is 3.74. The van der Waals surface area contributed by atoms with E-state index in [1.807, 2.05) is 11.3 Å². The molecule has 0 fully saturated rings. The van der Waals surface area contributed by atoms with Crippen molar-refractivity contribution in [3.8, 4) is 32.7 Å². The van der Waals surface area contributed by atoms with E-state index in [9.17, 15) is 0 Å². The van der Waals surface area contributed by atoms with Crippen molar-refractivity contribution in [3.63, 3.8) is 0 Å². The highest BCUT2D eigenvalue weighted by Crippen LogP contribution is 2.50. The molecule has 0 spiro atoms. The third-order valence-corrected chi connectivity index (χ3v) is 10.6. The summed E-state index contributed by atoms with van der Waals surface area (Å²) in [6.07, 6.45) is 0. The highest BCUT2D eigenvalue weighted by Gasteiger charge is 2.22. The summed E-state index contributed by atoms with van der Waals surface area (Å²) in [6, 6.07) is 57.2. The summed E-state index contributed by atoms with van der Waals surface area (Å²) in [5, 5.41) is 11.1. The number of fused-ring (bicyclic) bond motifs is 8. The van der Waals surface area contributed by atoms with Gasteiger partial charge in [-0.25, -0.2) is 0 Å². The van der Waals surface area contributed by atoms with Crippen LogP contribution in [0.4, 0.5) is 0 Å². The number of thiophene rings is 1. The summed E-state index contributed by atoms with van der Waals surface area (Å²) in [7, 11) is 0. The van der Waals surface area contributed by atoms with Gasteiger partial charge in [-0.2, -0.15) is 0 Å². The van der Waals surface area contributed by atoms with E-state index in [4.69, 9.17) is 4.42 Å². The van der Waals surface area contributed by atoms with E-state index in [-0.39, 0.29) is 0 Å². The van der Waals surface area contributed by atoms with Crippen LogP contribution in [0.5, 0.6) is 0 Å². The van der Waals surface area contributed by atoms with E-state index in [1.165, 1.54) is 80.5 Å². The van der Waals surface area contributed by atoms with Gasteiger partial charge in [-0.3, -0.25) is 0 Å². The molecule has 0 unspecified atom stereocenters. The summed E-state index contributed by atoms with van der Waals surface area (Å²) >= 11 is 1.86.